The lowest BCUT2D eigenvalue weighted by Crippen LogP contribution is -2.43. The van der Waals surface area contributed by atoms with E-state index >= 15 is 0 Å². The lowest BCUT2D eigenvalue weighted by Gasteiger charge is -2.34. The fourth-order valence-corrected chi connectivity index (χ4v) is 2.26. The van der Waals surface area contributed by atoms with Crippen LogP contribution < -0.4 is 11.1 Å². The van der Waals surface area contributed by atoms with Crippen LogP contribution in [0, 0.1) is 5.92 Å². The molecule has 1 fully saturated rings. The summed E-state index contributed by atoms with van der Waals surface area (Å²) in [6.07, 6.45) is 4.36. The Kier molecular flexibility index (Phi) is 3.49. The number of anilines is 1. The number of amides is 1. The van der Waals surface area contributed by atoms with Crippen molar-refractivity contribution < 1.29 is 9.90 Å². The second kappa shape index (κ2) is 4.89. The number of aliphatic hydroxyl groups is 1. The van der Waals surface area contributed by atoms with Crippen molar-refractivity contribution in [2.24, 2.45) is 11.7 Å². The molecule has 0 bridgehead atoms. The number of nitrogens with one attached hydrogen (secondary N) is 2. The highest BCUT2D eigenvalue weighted by atomic mass is 16.3. The number of H-pyrrole nitrogens is 1. The summed E-state index contributed by atoms with van der Waals surface area (Å²) in [5.41, 5.74) is 4.75. The van der Waals surface area contributed by atoms with Crippen LogP contribution in [0.5, 0.6) is 0 Å². The molecule has 0 atom stereocenters. The quantitative estimate of drug-likeness (QED) is 0.627. The van der Waals surface area contributed by atoms with Crippen molar-refractivity contribution in [1.29, 1.82) is 0 Å². The van der Waals surface area contributed by atoms with Crippen molar-refractivity contribution in [3.8, 4) is 0 Å². The van der Waals surface area contributed by atoms with Crippen LogP contribution in [0.3, 0.4) is 0 Å². The minimum Gasteiger partial charge on any atom is -0.389 e. The summed E-state index contributed by atoms with van der Waals surface area (Å²) >= 11 is 0. The largest absolute Gasteiger partial charge is 0.389 e. The molecule has 1 heterocycles. The molecular weight excluding hydrogens is 218 g/mol. The zero-order chi connectivity index (χ0) is 12.3. The maximum absolute atomic E-state index is 11.9. The van der Waals surface area contributed by atoms with Crippen LogP contribution in [-0.4, -0.2) is 28.1 Å². The standard InChI is InChI=1S/C12H19N3O2/c13-8-12(17)5-3-9(4-6-12)11(16)15-10-2-1-7-14-10/h1-2,7,9,14,17H,3-6,8,13H2,(H,15,16). The number of aromatic amines is 1. The molecule has 2 rings (SSSR count). The van der Waals surface area contributed by atoms with E-state index in [2.05, 4.69) is 10.3 Å². The molecule has 0 spiro atoms. The van der Waals surface area contributed by atoms with E-state index in [1.54, 1.807) is 6.20 Å². The molecule has 0 radical (unpaired) electrons. The first-order valence-corrected chi connectivity index (χ1v) is 6.00. The smallest absolute Gasteiger partial charge is 0.228 e. The van der Waals surface area contributed by atoms with Gasteiger partial charge in [-0.2, -0.15) is 0 Å². The zero-order valence-electron chi connectivity index (χ0n) is 9.78. The fourth-order valence-electron chi connectivity index (χ4n) is 2.26. The van der Waals surface area contributed by atoms with E-state index < -0.39 is 5.60 Å². The van der Waals surface area contributed by atoms with Gasteiger partial charge in [-0.15, -0.1) is 0 Å². The van der Waals surface area contributed by atoms with Crippen molar-refractivity contribution in [2.45, 2.75) is 31.3 Å². The lowest BCUT2D eigenvalue weighted by molar-refractivity contribution is -0.122. The summed E-state index contributed by atoms with van der Waals surface area (Å²) in [5, 5.41) is 12.8. The fraction of sp³-hybridized carbons (Fsp3) is 0.583. The Morgan fingerprint density at radius 1 is 1.59 bits per heavy atom. The van der Waals surface area contributed by atoms with Gasteiger partial charge >= 0.3 is 0 Å². The van der Waals surface area contributed by atoms with Gasteiger partial charge < -0.3 is 21.1 Å². The van der Waals surface area contributed by atoms with Gasteiger partial charge in [-0.25, -0.2) is 0 Å². The molecule has 94 valence electrons. The van der Waals surface area contributed by atoms with E-state index in [1.165, 1.54) is 0 Å². The van der Waals surface area contributed by atoms with Crippen molar-refractivity contribution in [2.75, 3.05) is 11.9 Å². The van der Waals surface area contributed by atoms with E-state index in [9.17, 15) is 9.90 Å². The van der Waals surface area contributed by atoms with Crippen LogP contribution >= 0.6 is 0 Å². The highest BCUT2D eigenvalue weighted by Crippen LogP contribution is 2.31. The molecule has 1 aromatic rings. The third-order valence-corrected chi connectivity index (χ3v) is 3.52. The zero-order valence-corrected chi connectivity index (χ0v) is 9.78. The average molecular weight is 237 g/mol. The molecule has 5 nitrogen and oxygen atoms in total. The van der Waals surface area contributed by atoms with E-state index in [-0.39, 0.29) is 18.4 Å². The topological polar surface area (TPSA) is 91.1 Å². The Bertz CT molecular complexity index is 367. The molecule has 0 aliphatic heterocycles. The third kappa shape index (κ3) is 2.87. The molecule has 1 aliphatic carbocycles. The van der Waals surface area contributed by atoms with Crippen molar-refractivity contribution in [1.82, 2.24) is 4.98 Å². The average Bonchev–Trinajstić information content (AvgIpc) is 2.83. The number of aromatic nitrogens is 1. The van der Waals surface area contributed by atoms with Crippen LogP contribution in [-0.2, 0) is 4.79 Å². The van der Waals surface area contributed by atoms with Crippen molar-refractivity contribution >= 4 is 11.7 Å². The first kappa shape index (κ1) is 12.1. The molecule has 17 heavy (non-hydrogen) atoms. The molecule has 0 saturated heterocycles. The second-order valence-electron chi connectivity index (χ2n) is 4.78. The molecule has 0 aromatic carbocycles. The third-order valence-electron chi connectivity index (χ3n) is 3.52. The van der Waals surface area contributed by atoms with Gasteiger partial charge in [-0.05, 0) is 37.8 Å². The SMILES string of the molecule is NCC1(O)CCC(C(=O)Nc2ccc[nH]2)CC1. The molecule has 1 saturated carbocycles. The van der Waals surface area contributed by atoms with Crippen LogP contribution in [0.15, 0.2) is 18.3 Å². The molecule has 1 aromatic heterocycles. The van der Waals surface area contributed by atoms with Crippen molar-refractivity contribution in [3.05, 3.63) is 18.3 Å². The molecule has 5 N–H and O–H groups in total. The summed E-state index contributed by atoms with van der Waals surface area (Å²) in [5.74, 6) is 0.714. The number of rotatable bonds is 3. The van der Waals surface area contributed by atoms with Gasteiger partial charge in [-0.1, -0.05) is 0 Å². The van der Waals surface area contributed by atoms with Crippen LogP contribution in [0.1, 0.15) is 25.7 Å². The van der Waals surface area contributed by atoms with E-state index in [0.717, 1.165) is 5.82 Å². The van der Waals surface area contributed by atoms with Crippen LogP contribution in [0.2, 0.25) is 0 Å². The lowest BCUT2D eigenvalue weighted by atomic mass is 9.78. The number of hydrogen-bond acceptors (Lipinski definition) is 3. The highest BCUT2D eigenvalue weighted by Gasteiger charge is 2.34. The van der Waals surface area contributed by atoms with Gasteiger partial charge in [0.05, 0.1) is 5.60 Å². The summed E-state index contributed by atoms with van der Waals surface area (Å²) in [6.45, 7) is 0.276. The molecule has 5 heteroatoms. The predicted octanol–water partition coefficient (Wildman–Crippen LogP) is 0.833. The van der Waals surface area contributed by atoms with Crippen LogP contribution in [0.25, 0.3) is 0 Å². The Balaban J connectivity index is 1.86. The maximum atomic E-state index is 11.9. The first-order valence-electron chi connectivity index (χ1n) is 6.00. The summed E-state index contributed by atoms with van der Waals surface area (Å²) in [4.78, 5) is 14.9. The van der Waals surface area contributed by atoms with Crippen LogP contribution in [0.4, 0.5) is 5.82 Å². The van der Waals surface area contributed by atoms with Gasteiger partial charge in [0.2, 0.25) is 5.91 Å². The first-order chi connectivity index (χ1) is 8.13. The highest BCUT2D eigenvalue weighted by molar-refractivity contribution is 5.91. The summed E-state index contributed by atoms with van der Waals surface area (Å²) < 4.78 is 0. The normalized spacial score (nSPS) is 28.9. The second-order valence-corrected chi connectivity index (χ2v) is 4.78. The van der Waals surface area contributed by atoms with Gasteiger partial charge in [0, 0.05) is 18.7 Å². The Morgan fingerprint density at radius 2 is 2.29 bits per heavy atom. The molecule has 1 amide bonds. The Hall–Kier alpha value is -1.33. The molecule has 0 unspecified atom stereocenters. The monoisotopic (exact) mass is 237 g/mol. The minimum absolute atomic E-state index is 0.0199. The number of hydrogen-bond donors (Lipinski definition) is 4. The van der Waals surface area contributed by atoms with Gasteiger partial charge in [-0.3, -0.25) is 4.79 Å². The maximum Gasteiger partial charge on any atom is 0.228 e. The molecule has 1 aliphatic rings. The summed E-state index contributed by atoms with van der Waals surface area (Å²) in [6, 6.07) is 3.65. The van der Waals surface area contributed by atoms with E-state index in [4.69, 9.17) is 5.73 Å². The van der Waals surface area contributed by atoms with E-state index in [1.807, 2.05) is 12.1 Å². The van der Waals surface area contributed by atoms with Gasteiger partial charge in [0.25, 0.3) is 0 Å². The number of carbonyl (C=O) groups excluding carboxylic acids is 1. The Morgan fingerprint density at radius 3 is 2.82 bits per heavy atom. The van der Waals surface area contributed by atoms with Gasteiger partial charge in [0.15, 0.2) is 0 Å². The Labute approximate surface area is 100 Å². The molecular formula is C12H19N3O2. The predicted molar refractivity (Wildman–Crippen MR) is 65.4 cm³/mol. The van der Waals surface area contributed by atoms with Crippen molar-refractivity contribution in [3.63, 3.8) is 0 Å². The van der Waals surface area contributed by atoms with E-state index in [0.29, 0.717) is 25.7 Å². The minimum atomic E-state index is -0.761. The number of nitrogens with two attached hydrogens (primary N) is 1. The number of carbonyl (C=O) groups is 1. The van der Waals surface area contributed by atoms with Gasteiger partial charge in [0.1, 0.15) is 5.82 Å². The summed E-state index contributed by atoms with van der Waals surface area (Å²) in [7, 11) is 0.